The highest BCUT2D eigenvalue weighted by atomic mass is 35.5. The van der Waals surface area contributed by atoms with Gasteiger partial charge >= 0.3 is 0 Å². The summed E-state index contributed by atoms with van der Waals surface area (Å²) >= 11 is 6.08. The van der Waals surface area contributed by atoms with Crippen molar-refractivity contribution < 1.29 is 13.2 Å². The number of hydrogen-bond acceptors (Lipinski definition) is 4. The van der Waals surface area contributed by atoms with Gasteiger partial charge in [0.2, 0.25) is 10.0 Å². The average Bonchev–Trinajstić information content (AvgIpc) is 2.58. The summed E-state index contributed by atoms with van der Waals surface area (Å²) in [5, 5.41) is 0.495. The quantitative estimate of drug-likeness (QED) is 0.830. The molecule has 0 N–H and O–H groups in total. The number of piperidine rings is 1. The highest BCUT2D eigenvalue weighted by Crippen LogP contribution is 2.28. The van der Waals surface area contributed by atoms with Crippen molar-refractivity contribution >= 4 is 21.6 Å². The van der Waals surface area contributed by atoms with Crippen LogP contribution >= 0.6 is 11.6 Å². The third kappa shape index (κ3) is 3.56. The second-order valence-corrected chi connectivity index (χ2v) is 8.46. The topological polar surface area (TPSA) is 49.9 Å². The minimum absolute atomic E-state index is 0.329. The van der Waals surface area contributed by atoms with Gasteiger partial charge in [0.15, 0.2) is 0 Å². The van der Waals surface area contributed by atoms with E-state index in [4.69, 9.17) is 16.3 Å². The molecular weight excluding hydrogens is 336 g/mol. The maximum absolute atomic E-state index is 12.9. The van der Waals surface area contributed by atoms with Gasteiger partial charge in [-0.2, -0.15) is 4.31 Å². The molecule has 1 aromatic carbocycles. The molecule has 2 aliphatic heterocycles. The van der Waals surface area contributed by atoms with Crippen molar-refractivity contribution in [3.05, 3.63) is 28.8 Å². The van der Waals surface area contributed by atoms with E-state index in [0.29, 0.717) is 34.6 Å². The molecule has 2 heterocycles. The van der Waals surface area contributed by atoms with Gasteiger partial charge in [-0.25, -0.2) is 8.42 Å². The van der Waals surface area contributed by atoms with Crippen molar-refractivity contribution in [2.24, 2.45) is 0 Å². The highest BCUT2D eigenvalue weighted by Gasteiger charge is 2.33. The van der Waals surface area contributed by atoms with E-state index in [0.717, 1.165) is 39.1 Å². The van der Waals surface area contributed by atoms with Gasteiger partial charge in [0, 0.05) is 37.2 Å². The molecule has 0 amide bonds. The lowest BCUT2D eigenvalue weighted by molar-refractivity contribution is 0.00610. The van der Waals surface area contributed by atoms with Crippen molar-refractivity contribution in [3.63, 3.8) is 0 Å². The third-order valence-corrected chi connectivity index (χ3v) is 7.27. The Balaban J connectivity index is 1.70. The number of morpholine rings is 1. The number of rotatable bonds is 3. The van der Waals surface area contributed by atoms with Crippen LogP contribution in [0.2, 0.25) is 5.02 Å². The molecule has 0 bridgehead atoms. The zero-order valence-corrected chi connectivity index (χ0v) is 14.9. The van der Waals surface area contributed by atoms with E-state index in [1.807, 2.05) is 0 Å². The standard InChI is InChI=1S/C16H23ClN2O3S/c1-13-15(17)3-2-4-16(13)23(20,21)19-7-5-14(6-8-19)18-9-11-22-12-10-18/h2-4,14H,5-12H2,1H3. The molecule has 3 rings (SSSR count). The molecule has 0 aromatic heterocycles. The Hall–Kier alpha value is -0.660. The van der Waals surface area contributed by atoms with Gasteiger partial charge in [0.25, 0.3) is 0 Å². The molecular formula is C16H23ClN2O3S. The van der Waals surface area contributed by atoms with Crippen LogP contribution in [0.25, 0.3) is 0 Å². The molecule has 0 radical (unpaired) electrons. The molecule has 5 nitrogen and oxygen atoms in total. The van der Waals surface area contributed by atoms with Gasteiger partial charge < -0.3 is 4.74 Å². The predicted molar refractivity (Wildman–Crippen MR) is 90.4 cm³/mol. The van der Waals surface area contributed by atoms with Crippen LogP contribution in [0.1, 0.15) is 18.4 Å². The summed E-state index contributed by atoms with van der Waals surface area (Å²) < 4.78 is 32.7. The fourth-order valence-electron chi connectivity index (χ4n) is 3.40. The van der Waals surface area contributed by atoms with Gasteiger partial charge in [-0.3, -0.25) is 4.90 Å². The largest absolute Gasteiger partial charge is 0.379 e. The maximum atomic E-state index is 12.9. The van der Waals surface area contributed by atoms with Crippen LogP contribution in [0.3, 0.4) is 0 Å². The van der Waals surface area contributed by atoms with Crippen LogP contribution in [0, 0.1) is 6.92 Å². The normalized spacial score (nSPS) is 22.3. The zero-order valence-electron chi connectivity index (χ0n) is 13.4. The Morgan fingerprint density at radius 1 is 1.13 bits per heavy atom. The van der Waals surface area contributed by atoms with Gasteiger partial charge in [0.1, 0.15) is 0 Å². The predicted octanol–water partition coefficient (Wildman–Crippen LogP) is 2.13. The molecule has 0 unspecified atom stereocenters. The summed E-state index contributed by atoms with van der Waals surface area (Å²) in [6.07, 6.45) is 1.75. The van der Waals surface area contributed by atoms with Crippen molar-refractivity contribution in [1.82, 2.24) is 9.21 Å². The van der Waals surface area contributed by atoms with E-state index in [9.17, 15) is 8.42 Å². The van der Waals surface area contributed by atoms with Crippen molar-refractivity contribution in [2.75, 3.05) is 39.4 Å². The first-order chi connectivity index (χ1) is 11.0. The highest BCUT2D eigenvalue weighted by molar-refractivity contribution is 7.89. The van der Waals surface area contributed by atoms with E-state index < -0.39 is 10.0 Å². The fraction of sp³-hybridized carbons (Fsp3) is 0.625. The third-order valence-electron chi connectivity index (χ3n) is 4.82. The van der Waals surface area contributed by atoms with Gasteiger partial charge in [-0.05, 0) is 37.5 Å². The van der Waals surface area contributed by atoms with Gasteiger partial charge in [-0.15, -0.1) is 0 Å². The summed E-state index contributed by atoms with van der Waals surface area (Å²) in [6.45, 7) is 6.35. The maximum Gasteiger partial charge on any atom is 0.243 e. The minimum Gasteiger partial charge on any atom is -0.379 e. The number of hydrogen-bond donors (Lipinski definition) is 0. The molecule has 2 saturated heterocycles. The average molecular weight is 359 g/mol. The van der Waals surface area contributed by atoms with Crippen LogP contribution in [-0.4, -0.2) is 63.1 Å². The van der Waals surface area contributed by atoms with Crippen molar-refractivity contribution in [3.8, 4) is 0 Å². The Bertz CT molecular complexity index is 651. The van der Waals surface area contributed by atoms with Gasteiger partial charge in [-0.1, -0.05) is 17.7 Å². The molecule has 0 spiro atoms. The number of benzene rings is 1. The van der Waals surface area contributed by atoms with E-state index in [1.54, 1.807) is 29.4 Å². The summed E-state index contributed by atoms with van der Waals surface area (Å²) in [7, 11) is -3.46. The first-order valence-corrected chi connectivity index (χ1v) is 9.89. The molecule has 128 valence electrons. The molecule has 0 aliphatic carbocycles. The number of nitrogens with zero attached hydrogens (tertiary/aromatic N) is 2. The lowest BCUT2D eigenvalue weighted by Gasteiger charge is -2.39. The Morgan fingerprint density at radius 3 is 2.43 bits per heavy atom. The monoisotopic (exact) mass is 358 g/mol. The molecule has 2 aliphatic rings. The number of sulfonamides is 1. The Morgan fingerprint density at radius 2 is 1.78 bits per heavy atom. The zero-order chi connectivity index (χ0) is 16.4. The number of halogens is 1. The Labute approximate surface area is 143 Å². The van der Waals surface area contributed by atoms with Crippen LogP contribution < -0.4 is 0 Å². The molecule has 23 heavy (non-hydrogen) atoms. The van der Waals surface area contributed by atoms with E-state index in [-0.39, 0.29) is 0 Å². The van der Waals surface area contributed by atoms with Crippen LogP contribution in [0.15, 0.2) is 23.1 Å². The van der Waals surface area contributed by atoms with E-state index in [2.05, 4.69) is 4.90 Å². The van der Waals surface area contributed by atoms with Crippen LogP contribution in [0.4, 0.5) is 0 Å². The Kier molecular flexibility index (Phi) is 5.28. The SMILES string of the molecule is Cc1c(Cl)cccc1S(=O)(=O)N1CCC(N2CCOCC2)CC1. The molecule has 2 fully saturated rings. The van der Waals surface area contributed by atoms with Crippen molar-refractivity contribution in [2.45, 2.75) is 30.7 Å². The summed E-state index contributed by atoms with van der Waals surface area (Å²) in [6, 6.07) is 5.53. The van der Waals surface area contributed by atoms with Gasteiger partial charge in [0.05, 0.1) is 18.1 Å². The molecule has 7 heteroatoms. The lowest BCUT2D eigenvalue weighted by atomic mass is 10.0. The first-order valence-electron chi connectivity index (χ1n) is 8.07. The minimum atomic E-state index is -3.46. The second kappa shape index (κ2) is 7.07. The lowest BCUT2D eigenvalue weighted by Crippen LogP contribution is -2.50. The molecule has 0 saturated carbocycles. The van der Waals surface area contributed by atoms with Crippen LogP contribution in [0.5, 0.6) is 0 Å². The summed E-state index contributed by atoms with van der Waals surface area (Å²) in [4.78, 5) is 2.76. The number of ether oxygens (including phenoxy) is 1. The first kappa shape index (κ1) is 17.2. The molecule has 1 aromatic rings. The summed E-state index contributed by atoms with van der Waals surface area (Å²) in [5.74, 6) is 0. The second-order valence-electron chi connectivity index (χ2n) is 6.15. The van der Waals surface area contributed by atoms with Crippen molar-refractivity contribution in [1.29, 1.82) is 0 Å². The summed E-state index contributed by atoms with van der Waals surface area (Å²) in [5.41, 5.74) is 0.629. The fourth-order valence-corrected chi connectivity index (χ4v) is 5.34. The van der Waals surface area contributed by atoms with E-state index in [1.165, 1.54) is 0 Å². The smallest absolute Gasteiger partial charge is 0.243 e. The van der Waals surface area contributed by atoms with E-state index >= 15 is 0 Å². The molecule has 0 atom stereocenters. The van der Waals surface area contributed by atoms with Crippen LogP contribution in [-0.2, 0) is 14.8 Å².